The van der Waals surface area contributed by atoms with Crippen LogP contribution >= 0.6 is 12.4 Å². The van der Waals surface area contributed by atoms with Gasteiger partial charge in [0.2, 0.25) is 0 Å². The third-order valence-corrected chi connectivity index (χ3v) is 3.85. The van der Waals surface area contributed by atoms with Gasteiger partial charge in [-0.05, 0) is 39.4 Å². The summed E-state index contributed by atoms with van der Waals surface area (Å²) in [6, 6.07) is 0.366. The quantitative estimate of drug-likeness (QED) is 0.850. The number of fused-ring (bicyclic) bond motifs is 1. The Kier molecular flexibility index (Phi) is 6.84. The molecule has 0 aromatic carbocycles. The smallest absolute Gasteiger partial charge is 0.165 e. The first-order valence-corrected chi connectivity index (χ1v) is 7.32. The molecule has 21 heavy (non-hydrogen) atoms. The predicted octanol–water partition coefficient (Wildman–Crippen LogP) is 2.51. The fourth-order valence-corrected chi connectivity index (χ4v) is 2.48. The SMILES string of the molecule is CCN(CC)CCCC(C)n1cnc2c(N)ncnc21.Cl. The van der Waals surface area contributed by atoms with Crippen molar-refractivity contribution in [2.24, 2.45) is 0 Å². The van der Waals surface area contributed by atoms with Gasteiger partial charge in [-0.15, -0.1) is 12.4 Å². The molecule has 1 unspecified atom stereocenters. The summed E-state index contributed by atoms with van der Waals surface area (Å²) in [5.74, 6) is 0.448. The molecule has 2 aromatic rings. The molecule has 6 nitrogen and oxygen atoms in total. The second kappa shape index (κ2) is 8.14. The van der Waals surface area contributed by atoms with Crippen LogP contribution in [-0.4, -0.2) is 44.1 Å². The van der Waals surface area contributed by atoms with Gasteiger partial charge >= 0.3 is 0 Å². The molecule has 0 spiro atoms. The number of aromatic nitrogens is 4. The average Bonchev–Trinajstić information content (AvgIpc) is 2.89. The number of rotatable bonds is 7. The van der Waals surface area contributed by atoms with E-state index in [9.17, 15) is 0 Å². The zero-order valence-electron chi connectivity index (χ0n) is 13.0. The van der Waals surface area contributed by atoms with Crippen LogP contribution in [0.3, 0.4) is 0 Å². The van der Waals surface area contributed by atoms with Crippen LogP contribution in [0.4, 0.5) is 5.82 Å². The largest absolute Gasteiger partial charge is 0.382 e. The lowest BCUT2D eigenvalue weighted by molar-refractivity contribution is 0.288. The molecule has 0 saturated carbocycles. The lowest BCUT2D eigenvalue weighted by Crippen LogP contribution is -2.24. The van der Waals surface area contributed by atoms with Gasteiger partial charge in [0.15, 0.2) is 11.5 Å². The number of imidazole rings is 1. The maximum atomic E-state index is 5.81. The third kappa shape index (κ3) is 4.04. The van der Waals surface area contributed by atoms with Gasteiger partial charge in [-0.25, -0.2) is 15.0 Å². The molecule has 2 aromatic heterocycles. The van der Waals surface area contributed by atoms with Crippen molar-refractivity contribution in [3.63, 3.8) is 0 Å². The van der Waals surface area contributed by atoms with Gasteiger partial charge in [0.1, 0.15) is 11.8 Å². The molecule has 0 fully saturated rings. The van der Waals surface area contributed by atoms with Gasteiger partial charge in [0.25, 0.3) is 0 Å². The van der Waals surface area contributed by atoms with E-state index in [4.69, 9.17) is 5.73 Å². The van der Waals surface area contributed by atoms with Crippen molar-refractivity contribution < 1.29 is 0 Å². The van der Waals surface area contributed by atoms with Crippen LogP contribution in [0.5, 0.6) is 0 Å². The number of hydrogen-bond acceptors (Lipinski definition) is 5. The van der Waals surface area contributed by atoms with Crippen LogP contribution in [0.15, 0.2) is 12.7 Å². The summed E-state index contributed by atoms with van der Waals surface area (Å²) in [4.78, 5) is 15.0. The fraction of sp³-hybridized carbons (Fsp3) is 0.643. The van der Waals surface area contributed by atoms with Gasteiger partial charge in [0.05, 0.1) is 6.33 Å². The zero-order chi connectivity index (χ0) is 14.5. The highest BCUT2D eigenvalue weighted by molar-refractivity contribution is 5.85. The van der Waals surface area contributed by atoms with E-state index in [0.717, 1.165) is 31.7 Å². The molecule has 0 amide bonds. The van der Waals surface area contributed by atoms with Crippen molar-refractivity contribution in [3.05, 3.63) is 12.7 Å². The molecule has 0 aliphatic heterocycles. The monoisotopic (exact) mass is 312 g/mol. The number of hydrogen-bond donors (Lipinski definition) is 1. The van der Waals surface area contributed by atoms with Crippen LogP contribution in [0, 0.1) is 0 Å². The maximum Gasteiger partial charge on any atom is 0.165 e. The summed E-state index contributed by atoms with van der Waals surface area (Å²) < 4.78 is 2.09. The highest BCUT2D eigenvalue weighted by Crippen LogP contribution is 2.21. The highest BCUT2D eigenvalue weighted by Gasteiger charge is 2.12. The molecule has 0 bridgehead atoms. The maximum absolute atomic E-state index is 5.81. The van der Waals surface area contributed by atoms with Crippen LogP contribution in [-0.2, 0) is 0 Å². The third-order valence-electron chi connectivity index (χ3n) is 3.85. The molecule has 118 valence electrons. The van der Waals surface area contributed by atoms with E-state index in [1.54, 1.807) is 0 Å². The van der Waals surface area contributed by atoms with Gasteiger partial charge in [-0.2, -0.15) is 0 Å². The van der Waals surface area contributed by atoms with Crippen molar-refractivity contribution in [2.75, 3.05) is 25.4 Å². The van der Waals surface area contributed by atoms with Crippen molar-refractivity contribution in [1.29, 1.82) is 0 Å². The minimum Gasteiger partial charge on any atom is -0.382 e. The Bertz CT molecular complexity index is 551. The van der Waals surface area contributed by atoms with E-state index in [-0.39, 0.29) is 12.4 Å². The lowest BCUT2D eigenvalue weighted by atomic mass is 10.1. The van der Waals surface area contributed by atoms with Crippen molar-refractivity contribution >= 4 is 29.4 Å². The van der Waals surface area contributed by atoms with Gasteiger partial charge in [-0.3, -0.25) is 0 Å². The predicted molar refractivity (Wildman–Crippen MR) is 88.7 cm³/mol. The summed E-state index contributed by atoms with van der Waals surface area (Å²) in [5, 5.41) is 0. The van der Waals surface area contributed by atoms with Crippen molar-refractivity contribution in [3.8, 4) is 0 Å². The first-order valence-electron chi connectivity index (χ1n) is 7.32. The number of anilines is 1. The van der Waals surface area contributed by atoms with Crippen LogP contribution in [0.2, 0.25) is 0 Å². The van der Waals surface area contributed by atoms with Gasteiger partial charge in [0, 0.05) is 6.04 Å². The molecule has 0 saturated heterocycles. The lowest BCUT2D eigenvalue weighted by Gasteiger charge is -2.19. The van der Waals surface area contributed by atoms with E-state index >= 15 is 0 Å². The summed E-state index contributed by atoms with van der Waals surface area (Å²) in [5.41, 5.74) is 7.34. The summed E-state index contributed by atoms with van der Waals surface area (Å²) in [6.45, 7) is 9.97. The normalized spacial score (nSPS) is 12.6. The molecular formula is C14H25ClN6. The van der Waals surface area contributed by atoms with Crippen molar-refractivity contribution in [1.82, 2.24) is 24.4 Å². The Morgan fingerprint density at radius 1 is 1.24 bits per heavy atom. The Morgan fingerprint density at radius 2 is 1.95 bits per heavy atom. The van der Waals surface area contributed by atoms with E-state index in [1.165, 1.54) is 12.7 Å². The second-order valence-electron chi connectivity index (χ2n) is 5.10. The summed E-state index contributed by atoms with van der Waals surface area (Å²) >= 11 is 0. The summed E-state index contributed by atoms with van der Waals surface area (Å²) in [6.07, 6.45) is 5.59. The van der Waals surface area contributed by atoms with E-state index in [1.807, 2.05) is 6.33 Å². The first kappa shape index (κ1) is 17.7. The molecule has 1 atom stereocenters. The molecule has 2 heterocycles. The van der Waals surface area contributed by atoms with E-state index in [0.29, 0.717) is 17.4 Å². The molecular weight excluding hydrogens is 288 g/mol. The van der Waals surface area contributed by atoms with Crippen LogP contribution in [0.25, 0.3) is 11.2 Å². The Balaban J connectivity index is 0.00000220. The molecule has 2 N–H and O–H groups in total. The molecule has 0 aliphatic carbocycles. The number of nitrogens with zero attached hydrogens (tertiary/aromatic N) is 5. The van der Waals surface area contributed by atoms with E-state index < -0.39 is 0 Å². The first-order chi connectivity index (χ1) is 9.67. The summed E-state index contributed by atoms with van der Waals surface area (Å²) in [7, 11) is 0. The molecule has 0 radical (unpaired) electrons. The molecule has 7 heteroatoms. The Morgan fingerprint density at radius 3 is 2.62 bits per heavy atom. The van der Waals surface area contributed by atoms with Crippen LogP contribution < -0.4 is 5.73 Å². The van der Waals surface area contributed by atoms with Gasteiger partial charge in [-0.1, -0.05) is 13.8 Å². The zero-order valence-corrected chi connectivity index (χ0v) is 13.8. The standard InChI is InChI=1S/C14H24N6.ClH/c1-4-19(5-2)8-6-7-11(3)20-10-18-12-13(15)16-9-17-14(12)20;/h9-11H,4-8H2,1-3H3,(H2,15,16,17);1H. The molecule has 0 aliphatic rings. The fourth-order valence-electron chi connectivity index (χ4n) is 2.48. The number of nitrogens with two attached hydrogens (primary N) is 1. The second-order valence-corrected chi connectivity index (χ2v) is 5.10. The highest BCUT2D eigenvalue weighted by atomic mass is 35.5. The number of nitrogen functional groups attached to an aromatic ring is 1. The number of halogens is 1. The Hall–Kier alpha value is -1.40. The van der Waals surface area contributed by atoms with Crippen LogP contribution in [0.1, 0.15) is 39.7 Å². The Labute approximate surface area is 132 Å². The minimum atomic E-state index is 0. The minimum absolute atomic E-state index is 0. The molecule has 2 rings (SSSR count). The average molecular weight is 313 g/mol. The topological polar surface area (TPSA) is 72.9 Å². The van der Waals surface area contributed by atoms with Gasteiger partial charge < -0.3 is 15.2 Å². The van der Waals surface area contributed by atoms with E-state index in [2.05, 4.69) is 45.2 Å². The van der Waals surface area contributed by atoms with Crippen molar-refractivity contribution in [2.45, 2.75) is 39.7 Å².